The number of amides is 1. The second-order valence-corrected chi connectivity index (χ2v) is 8.83. The zero-order chi connectivity index (χ0) is 20.3. The van der Waals surface area contributed by atoms with Crippen LogP contribution in [-0.2, 0) is 4.79 Å². The Morgan fingerprint density at radius 3 is 2.71 bits per heavy atom. The molecule has 0 aliphatic rings. The van der Waals surface area contributed by atoms with E-state index in [-0.39, 0.29) is 23.4 Å². The summed E-state index contributed by atoms with van der Waals surface area (Å²) in [6.45, 7) is 5.51. The molecule has 1 N–H and O–H groups in total. The van der Waals surface area contributed by atoms with Crippen molar-refractivity contribution in [3.05, 3.63) is 42.5 Å². The van der Waals surface area contributed by atoms with Gasteiger partial charge in [-0.2, -0.15) is 5.26 Å². The second-order valence-electron chi connectivity index (χ2n) is 6.82. The average molecular weight is 415 g/mol. The second kappa shape index (κ2) is 8.25. The van der Waals surface area contributed by atoms with Crippen molar-refractivity contribution in [3.8, 4) is 16.5 Å². The van der Waals surface area contributed by atoms with Gasteiger partial charge in [0.2, 0.25) is 5.91 Å². The summed E-state index contributed by atoms with van der Waals surface area (Å²) in [5.74, 6) is -0.352. The molecule has 0 fully saturated rings. The normalized spacial score (nSPS) is 13.3. The molecular weight excluding hydrogens is 395 g/mol. The fourth-order valence-electron chi connectivity index (χ4n) is 2.45. The first-order valence-electron chi connectivity index (χ1n) is 8.68. The quantitative estimate of drug-likeness (QED) is 0.469. The number of nitrogens with zero attached hydrogens (tertiary/aromatic N) is 3. The fourth-order valence-corrected chi connectivity index (χ4v) is 4.45. The molecule has 0 spiro atoms. The summed E-state index contributed by atoms with van der Waals surface area (Å²) in [5, 5.41) is 12.9. The van der Waals surface area contributed by atoms with Crippen molar-refractivity contribution in [2.45, 2.75) is 31.3 Å². The zero-order valence-corrected chi connectivity index (χ0v) is 17.3. The zero-order valence-electron chi connectivity index (χ0n) is 15.7. The van der Waals surface area contributed by atoms with Crippen LogP contribution in [0.2, 0.25) is 0 Å². The summed E-state index contributed by atoms with van der Waals surface area (Å²) in [5.41, 5.74) is 0.781. The van der Waals surface area contributed by atoms with Crippen molar-refractivity contribution in [2.75, 3.05) is 5.75 Å². The monoisotopic (exact) mass is 414 g/mol. The van der Waals surface area contributed by atoms with Crippen molar-refractivity contribution < 1.29 is 9.18 Å². The summed E-state index contributed by atoms with van der Waals surface area (Å²) >= 11 is 2.81. The Morgan fingerprint density at radius 1 is 1.36 bits per heavy atom. The SMILES string of the molecule is CC(C)[C@@](C)(C#N)NC(=O)CSc1ncnc2cc(-c3ccc(F)cc3)sc12. The number of fused-ring (bicyclic) bond motifs is 1. The van der Waals surface area contributed by atoms with Gasteiger partial charge in [-0.1, -0.05) is 37.7 Å². The van der Waals surface area contributed by atoms with Gasteiger partial charge in [0, 0.05) is 4.88 Å². The van der Waals surface area contributed by atoms with E-state index in [2.05, 4.69) is 21.4 Å². The van der Waals surface area contributed by atoms with Crippen LogP contribution in [0.15, 0.2) is 41.7 Å². The maximum atomic E-state index is 13.2. The van der Waals surface area contributed by atoms with Crippen LogP contribution in [0.25, 0.3) is 20.7 Å². The molecule has 1 atom stereocenters. The van der Waals surface area contributed by atoms with E-state index in [9.17, 15) is 14.4 Å². The van der Waals surface area contributed by atoms with Crippen LogP contribution >= 0.6 is 23.1 Å². The smallest absolute Gasteiger partial charge is 0.231 e. The number of rotatable bonds is 6. The molecule has 0 saturated heterocycles. The van der Waals surface area contributed by atoms with Gasteiger partial charge in [0.05, 0.1) is 22.0 Å². The number of nitrogens with one attached hydrogen (secondary N) is 1. The minimum Gasteiger partial charge on any atom is -0.337 e. The number of hydrogen-bond donors (Lipinski definition) is 1. The van der Waals surface area contributed by atoms with E-state index in [1.165, 1.54) is 41.6 Å². The van der Waals surface area contributed by atoms with Crippen molar-refractivity contribution in [1.82, 2.24) is 15.3 Å². The fraction of sp³-hybridized carbons (Fsp3) is 0.300. The molecule has 144 valence electrons. The van der Waals surface area contributed by atoms with Crippen LogP contribution in [0.5, 0.6) is 0 Å². The Hall–Kier alpha value is -2.50. The van der Waals surface area contributed by atoms with Gasteiger partial charge in [-0.3, -0.25) is 4.79 Å². The molecule has 8 heteroatoms. The molecule has 0 saturated carbocycles. The predicted octanol–water partition coefficient (Wildman–Crippen LogP) is 4.64. The maximum absolute atomic E-state index is 13.2. The molecule has 5 nitrogen and oxygen atoms in total. The summed E-state index contributed by atoms with van der Waals surface area (Å²) in [6.07, 6.45) is 1.47. The third kappa shape index (κ3) is 4.32. The number of hydrogen-bond acceptors (Lipinski definition) is 6. The van der Waals surface area contributed by atoms with Gasteiger partial charge in [-0.05, 0) is 36.6 Å². The molecule has 3 aromatic rings. The molecule has 0 aliphatic heterocycles. The summed E-state index contributed by atoms with van der Waals surface area (Å²) < 4.78 is 14.0. The first-order chi connectivity index (χ1) is 13.3. The third-order valence-corrected chi connectivity index (χ3v) is 6.83. The van der Waals surface area contributed by atoms with E-state index < -0.39 is 5.54 Å². The lowest BCUT2D eigenvalue weighted by Gasteiger charge is -2.27. The van der Waals surface area contributed by atoms with Gasteiger partial charge < -0.3 is 5.32 Å². The molecule has 0 bridgehead atoms. The Balaban J connectivity index is 1.78. The van der Waals surface area contributed by atoms with Crippen LogP contribution in [0.1, 0.15) is 20.8 Å². The van der Waals surface area contributed by atoms with Gasteiger partial charge in [0.15, 0.2) is 0 Å². The van der Waals surface area contributed by atoms with Crippen LogP contribution in [0.4, 0.5) is 4.39 Å². The molecule has 1 aromatic carbocycles. The van der Waals surface area contributed by atoms with Gasteiger partial charge in [0.25, 0.3) is 0 Å². The molecule has 1 amide bonds. The molecule has 0 radical (unpaired) electrons. The molecule has 2 aromatic heterocycles. The van der Waals surface area contributed by atoms with Crippen molar-refractivity contribution in [2.24, 2.45) is 5.92 Å². The number of benzene rings is 1. The van der Waals surface area contributed by atoms with E-state index in [4.69, 9.17) is 0 Å². The topological polar surface area (TPSA) is 78.7 Å². The number of carbonyl (C=O) groups excluding carboxylic acids is 1. The lowest BCUT2D eigenvalue weighted by molar-refractivity contribution is -0.120. The summed E-state index contributed by atoms with van der Waals surface area (Å²) in [4.78, 5) is 21.9. The van der Waals surface area contributed by atoms with Crippen LogP contribution in [0.3, 0.4) is 0 Å². The van der Waals surface area contributed by atoms with E-state index in [0.717, 1.165) is 20.7 Å². The number of aromatic nitrogens is 2. The lowest BCUT2D eigenvalue weighted by Crippen LogP contribution is -2.49. The Labute approximate surface area is 171 Å². The van der Waals surface area contributed by atoms with Crippen molar-refractivity contribution in [3.63, 3.8) is 0 Å². The molecule has 0 unspecified atom stereocenters. The highest BCUT2D eigenvalue weighted by Gasteiger charge is 2.30. The van der Waals surface area contributed by atoms with E-state index in [1.807, 2.05) is 19.9 Å². The largest absolute Gasteiger partial charge is 0.337 e. The highest BCUT2D eigenvalue weighted by Crippen LogP contribution is 2.36. The molecular formula is C20H19FN4OS2. The summed E-state index contributed by atoms with van der Waals surface area (Å²) in [7, 11) is 0. The van der Waals surface area contributed by atoms with E-state index in [1.54, 1.807) is 19.1 Å². The third-order valence-electron chi connectivity index (χ3n) is 4.53. The van der Waals surface area contributed by atoms with Crippen LogP contribution in [0, 0.1) is 23.1 Å². The average Bonchev–Trinajstić information content (AvgIpc) is 3.11. The van der Waals surface area contributed by atoms with Gasteiger partial charge >= 0.3 is 0 Å². The van der Waals surface area contributed by atoms with Crippen molar-refractivity contribution in [1.29, 1.82) is 5.26 Å². The minimum absolute atomic E-state index is 0.00669. The number of carbonyl (C=O) groups is 1. The summed E-state index contributed by atoms with van der Waals surface area (Å²) in [6, 6.07) is 10.4. The first-order valence-corrected chi connectivity index (χ1v) is 10.5. The molecule has 3 rings (SSSR count). The lowest BCUT2D eigenvalue weighted by atomic mass is 9.90. The van der Waals surface area contributed by atoms with Crippen LogP contribution in [-0.4, -0.2) is 27.2 Å². The van der Waals surface area contributed by atoms with Gasteiger partial charge in [-0.15, -0.1) is 11.3 Å². The Bertz CT molecular complexity index is 1040. The van der Waals surface area contributed by atoms with E-state index >= 15 is 0 Å². The predicted molar refractivity (Wildman–Crippen MR) is 111 cm³/mol. The van der Waals surface area contributed by atoms with Crippen LogP contribution < -0.4 is 5.32 Å². The van der Waals surface area contributed by atoms with Gasteiger partial charge in [-0.25, -0.2) is 14.4 Å². The van der Waals surface area contributed by atoms with Crippen molar-refractivity contribution >= 4 is 39.2 Å². The number of thiophene rings is 1. The Kier molecular flexibility index (Phi) is 5.96. The van der Waals surface area contributed by atoms with E-state index in [0.29, 0.717) is 5.03 Å². The maximum Gasteiger partial charge on any atom is 0.231 e. The first kappa shape index (κ1) is 20.2. The molecule has 2 heterocycles. The molecule has 28 heavy (non-hydrogen) atoms. The Morgan fingerprint density at radius 2 is 2.07 bits per heavy atom. The number of thioether (sulfide) groups is 1. The van der Waals surface area contributed by atoms with Gasteiger partial charge in [0.1, 0.15) is 22.7 Å². The minimum atomic E-state index is -0.905. The molecule has 0 aliphatic carbocycles. The standard InChI is InChI=1S/C20H19FN4OS2/c1-12(2)20(3,10-22)25-17(26)9-27-19-18-15(23-11-24-19)8-16(28-18)13-4-6-14(21)7-5-13/h4-8,11-12H,9H2,1-3H3,(H,25,26)/t20-/m1/s1. The highest BCUT2D eigenvalue weighted by molar-refractivity contribution is 8.00. The highest BCUT2D eigenvalue weighted by atomic mass is 32.2. The number of halogens is 1. The number of nitriles is 1.